The molecule has 0 atom stereocenters. The van der Waals surface area contributed by atoms with Crippen molar-refractivity contribution in [2.75, 3.05) is 19.5 Å². The number of anilines is 1. The Morgan fingerprint density at radius 3 is 2.52 bits per heavy atom. The van der Waals surface area contributed by atoms with E-state index in [-0.39, 0.29) is 0 Å². The van der Waals surface area contributed by atoms with Gasteiger partial charge in [-0.2, -0.15) is 0 Å². The van der Waals surface area contributed by atoms with Gasteiger partial charge in [-0.3, -0.25) is 0 Å². The number of esters is 1. The molecule has 2 aromatic carbocycles. The molecule has 3 aromatic rings. The Hall–Kier alpha value is -2.67. The molecule has 0 spiro atoms. The second-order valence-electron chi connectivity index (χ2n) is 5.26. The highest BCUT2D eigenvalue weighted by atomic mass is 79.9. The maximum absolute atomic E-state index is 11.6. The Bertz CT molecular complexity index is 913. The van der Waals surface area contributed by atoms with E-state index < -0.39 is 5.97 Å². The second-order valence-corrected chi connectivity index (χ2v) is 6.01. The molecular weight excluding hydrogens is 386 g/mol. The van der Waals surface area contributed by atoms with E-state index in [1.165, 1.54) is 7.11 Å². The summed E-state index contributed by atoms with van der Waals surface area (Å²) in [6.45, 7) is 0.600. The molecule has 0 aliphatic heterocycles. The number of hydrogen-bond donors (Lipinski definition) is 1. The van der Waals surface area contributed by atoms with Gasteiger partial charge in [-0.15, -0.1) is 0 Å². The van der Waals surface area contributed by atoms with Crippen LogP contribution in [0.25, 0.3) is 11.0 Å². The van der Waals surface area contributed by atoms with Crippen LogP contribution in [0.1, 0.15) is 15.9 Å². The number of halogens is 1. The predicted octanol–water partition coefficient (Wildman–Crippen LogP) is 3.80. The molecule has 7 heteroatoms. The molecule has 3 rings (SSSR count). The largest absolute Gasteiger partial charge is 0.497 e. The first-order valence-electron chi connectivity index (χ1n) is 7.53. The molecular formula is C18H16BrN3O3. The van der Waals surface area contributed by atoms with Crippen LogP contribution in [0, 0.1) is 0 Å². The van der Waals surface area contributed by atoms with Gasteiger partial charge in [0.15, 0.2) is 5.82 Å². The number of ether oxygens (including phenoxy) is 2. The fourth-order valence-corrected chi connectivity index (χ4v) is 2.74. The van der Waals surface area contributed by atoms with Crippen LogP contribution in [0.15, 0.2) is 47.1 Å². The predicted molar refractivity (Wildman–Crippen MR) is 98.9 cm³/mol. The molecule has 0 radical (unpaired) electrons. The van der Waals surface area contributed by atoms with Gasteiger partial charge in [0.2, 0.25) is 0 Å². The highest BCUT2D eigenvalue weighted by Crippen LogP contribution is 2.23. The van der Waals surface area contributed by atoms with Crippen molar-refractivity contribution in [2.45, 2.75) is 6.54 Å². The molecule has 25 heavy (non-hydrogen) atoms. The van der Waals surface area contributed by atoms with Crippen LogP contribution in [0.4, 0.5) is 5.82 Å². The van der Waals surface area contributed by atoms with Gasteiger partial charge >= 0.3 is 5.97 Å². The summed E-state index contributed by atoms with van der Waals surface area (Å²) >= 11 is 3.42. The third-order valence-corrected chi connectivity index (χ3v) is 4.21. The first-order valence-corrected chi connectivity index (χ1v) is 8.32. The van der Waals surface area contributed by atoms with Crippen molar-refractivity contribution in [3.8, 4) is 5.75 Å². The average Bonchev–Trinajstić information content (AvgIpc) is 2.65. The highest BCUT2D eigenvalue weighted by molar-refractivity contribution is 9.10. The summed E-state index contributed by atoms with van der Waals surface area (Å²) in [5.74, 6) is 1.05. The number of nitrogens with one attached hydrogen (secondary N) is 1. The minimum Gasteiger partial charge on any atom is -0.497 e. The van der Waals surface area contributed by atoms with Crippen molar-refractivity contribution >= 4 is 38.8 Å². The standard InChI is InChI=1S/C18H16BrN3O3/c1-24-13-6-3-11(4-7-13)10-20-17-16(19)21-15-9-12(18(23)25-2)5-8-14(15)22-17/h3-9H,10H2,1-2H3,(H,20,22). The van der Waals surface area contributed by atoms with Crippen LogP contribution in [-0.2, 0) is 11.3 Å². The molecule has 0 aliphatic rings. The smallest absolute Gasteiger partial charge is 0.337 e. The lowest BCUT2D eigenvalue weighted by Gasteiger charge is -2.09. The summed E-state index contributed by atoms with van der Waals surface area (Å²) in [5, 5.41) is 3.25. The van der Waals surface area contributed by atoms with Gasteiger partial charge in [0, 0.05) is 6.54 Å². The van der Waals surface area contributed by atoms with Crippen LogP contribution in [0.5, 0.6) is 5.75 Å². The summed E-state index contributed by atoms with van der Waals surface area (Å²) in [4.78, 5) is 20.6. The maximum atomic E-state index is 11.6. The summed E-state index contributed by atoms with van der Waals surface area (Å²) in [6, 6.07) is 12.9. The lowest BCUT2D eigenvalue weighted by molar-refractivity contribution is 0.0601. The van der Waals surface area contributed by atoms with Gasteiger partial charge in [-0.25, -0.2) is 14.8 Å². The summed E-state index contributed by atoms with van der Waals surface area (Å²) in [5.41, 5.74) is 2.84. The molecule has 0 saturated heterocycles. The van der Waals surface area contributed by atoms with Gasteiger partial charge in [0.1, 0.15) is 10.4 Å². The van der Waals surface area contributed by atoms with Crippen molar-refractivity contribution in [3.63, 3.8) is 0 Å². The Kier molecular flexibility index (Phi) is 5.14. The monoisotopic (exact) mass is 401 g/mol. The van der Waals surface area contributed by atoms with E-state index in [9.17, 15) is 4.79 Å². The molecule has 0 amide bonds. The van der Waals surface area contributed by atoms with Crippen molar-refractivity contribution in [2.24, 2.45) is 0 Å². The van der Waals surface area contributed by atoms with Crippen LogP contribution >= 0.6 is 15.9 Å². The van der Waals surface area contributed by atoms with E-state index in [0.29, 0.717) is 33.6 Å². The van der Waals surface area contributed by atoms with E-state index in [1.807, 2.05) is 24.3 Å². The van der Waals surface area contributed by atoms with Gasteiger partial charge in [0.05, 0.1) is 30.8 Å². The zero-order valence-corrected chi connectivity index (χ0v) is 15.3. The van der Waals surface area contributed by atoms with Crippen molar-refractivity contribution in [3.05, 3.63) is 58.2 Å². The Labute approximate surface area is 153 Å². The van der Waals surface area contributed by atoms with Crippen molar-refractivity contribution < 1.29 is 14.3 Å². The number of hydrogen-bond acceptors (Lipinski definition) is 6. The zero-order chi connectivity index (χ0) is 17.8. The van der Waals surface area contributed by atoms with Crippen LogP contribution < -0.4 is 10.1 Å². The fraction of sp³-hybridized carbons (Fsp3) is 0.167. The molecule has 0 unspecified atom stereocenters. The number of benzene rings is 2. The molecule has 1 heterocycles. The second kappa shape index (κ2) is 7.48. The topological polar surface area (TPSA) is 73.3 Å². The summed E-state index contributed by atoms with van der Waals surface area (Å²) in [7, 11) is 2.99. The van der Waals surface area contributed by atoms with E-state index in [2.05, 4.69) is 31.2 Å². The average molecular weight is 402 g/mol. The number of carbonyl (C=O) groups excluding carboxylic acids is 1. The summed E-state index contributed by atoms with van der Waals surface area (Å²) < 4.78 is 10.5. The molecule has 0 saturated carbocycles. The van der Waals surface area contributed by atoms with Crippen molar-refractivity contribution in [1.82, 2.24) is 9.97 Å². The van der Waals surface area contributed by atoms with Crippen LogP contribution in [0.3, 0.4) is 0 Å². The van der Waals surface area contributed by atoms with E-state index >= 15 is 0 Å². The highest BCUT2D eigenvalue weighted by Gasteiger charge is 2.10. The van der Waals surface area contributed by atoms with Crippen molar-refractivity contribution in [1.29, 1.82) is 0 Å². The third-order valence-electron chi connectivity index (χ3n) is 3.66. The minimum absolute atomic E-state index is 0.401. The van der Waals surface area contributed by atoms with E-state index in [1.54, 1.807) is 25.3 Å². The molecule has 1 N–H and O–H groups in total. The minimum atomic E-state index is -0.401. The number of methoxy groups -OCH3 is 2. The van der Waals surface area contributed by atoms with E-state index in [0.717, 1.165) is 11.3 Å². The third kappa shape index (κ3) is 3.88. The van der Waals surface area contributed by atoms with Crippen LogP contribution in [0.2, 0.25) is 0 Å². The quantitative estimate of drug-likeness (QED) is 0.655. The molecule has 0 bridgehead atoms. The first-order chi connectivity index (χ1) is 12.1. The Morgan fingerprint density at radius 1 is 1.08 bits per heavy atom. The maximum Gasteiger partial charge on any atom is 0.337 e. The first kappa shape index (κ1) is 17.2. The lowest BCUT2D eigenvalue weighted by atomic mass is 10.2. The molecule has 0 aliphatic carbocycles. The molecule has 6 nitrogen and oxygen atoms in total. The van der Waals surface area contributed by atoms with Gasteiger partial charge in [-0.05, 0) is 51.8 Å². The fourth-order valence-electron chi connectivity index (χ4n) is 2.32. The normalized spacial score (nSPS) is 10.5. The lowest BCUT2D eigenvalue weighted by Crippen LogP contribution is -2.05. The van der Waals surface area contributed by atoms with Gasteiger partial charge < -0.3 is 14.8 Å². The van der Waals surface area contributed by atoms with Gasteiger partial charge in [-0.1, -0.05) is 12.1 Å². The number of fused-ring (bicyclic) bond motifs is 1. The SMILES string of the molecule is COC(=O)c1ccc2nc(NCc3ccc(OC)cc3)c(Br)nc2c1. The summed E-state index contributed by atoms with van der Waals surface area (Å²) in [6.07, 6.45) is 0. The molecule has 0 fully saturated rings. The molecule has 1 aromatic heterocycles. The number of aromatic nitrogens is 2. The number of carbonyl (C=O) groups is 1. The van der Waals surface area contributed by atoms with Crippen LogP contribution in [-0.4, -0.2) is 30.2 Å². The number of nitrogens with zero attached hydrogens (tertiary/aromatic N) is 2. The zero-order valence-electron chi connectivity index (χ0n) is 13.7. The Balaban J connectivity index is 1.81. The number of rotatable bonds is 5. The van der Waals surface area contributed by atoms with E-state index in [4.69, 9.17) is 9.47 Å². The Morgan fingerprint density at radius 2 is 1.84 bits per heavy atom. The van der Waals surface area contributed by atoms with Gasteiger partial charge in [0.25, 0.3) is 0 Å². The molecule has 128 valence electrons.